The summed E-state index contributed by atoms with van der Waals surface area (Å²) in [5.74, 6) is 1.10. The number of allylic oxidation sites excluding steroid dienone is 1. The molecule has 32 heavy (non-hydrogen) atoms. The summed E-state index contributed by atoms with van der Waals surface area (Å²) < 4.78 is 15.9. The summed E-state index contributed by atoms with van der Waals surface area (Å²) in [6.07, 6.45) is 4.86. The Morgan fingerprint density at radius 2 is 1.53 bits per heavy atom. The van der Waals surface area contributed by atoms with Gasteiger partial charge in [0.05, 0.1) is 25.9 Å². The number of carbonyl (C=O) groups excluding carboxylic acids is 1. The molecule has 0 amide bonds. The molecule has 0 aliphatic carbocycles. The van der Waals surface area contributed by atoms with E-state index in [2.05, 4.69) is 6.07 Å². The van der Waals surface area contributed by atoms with Gasteiger partial charge in [-0.25, -0.2) is 4.79 Å². The Balaban J connectivity index is 1.70. The van der Waals surface area contributed by atoms with Crippen LogP contribution in [0.25, 0.3) is 17.7 Å². The number of esters is 1. The van der Waals surface area contributed by atoms with Crippen molar-refractivity contribution in [1.82, 2.24) is 0 Å². The second-order valence-corrected chi connectivity index (χ2v) is 6.97. The average molecular weight is 425 g/mol. The van der Waals surface area contributed by atoms with Crippen LogP contribution in [0.5, 0.6) is 17.2 Å². The molecule has 0 saturated carbocycles. The molecule has 0 heterocycles. The molecule has 160 valence electrons. The van der Waals surface area contributed by atoms with Crippen LogP contribution in [-0.2, 0) is 4.79 Å². The van der Waals surface area contributed by atoms with Crippen LogP contribution in [0.15, 0.2) is 72.8 Å². The maximum atomic E-state index is 12.1. The van der Waals surface area contributed by atoms with Crippen molar-refractivity contribution in [2.75, 3.05) is 14.2 Å². The molecule has 3 rings (SSSR count). The molecule has 0 spiro atoms. The van der Waals surface area contributed by atoms with E-state index in [9.17, 15) is 10.1 Å². The second kappa shape index (κ2) is 10.6. The van der Waals surface area contributed by atoms with Gasteiger partial charge in [0.25, 0.3) is 0 Å². The molecule has 5 heteroatoms. The molecule has 0 aliphatic heterocycles. The number of nitriles is 1. The van der Waals surface area contributed by atoms with Crippen LogP contribution in [0.4, 0.5) is 0 Å². The van der Waals surface area contributed by atoms with E-state index in [1.54, 1.807) is 68.8 Å². The van der Waals surface area contributed by atoms with Crippen molar-refractivity contribution < 1.29 is 19.0 Å². The highest BCUT2D eigenvalue weighted by Crippen LogP contribution is 2.31. The van der Waals surface area contributed by atoms with Gasteiger partial charge in [-0.2, -0.15) is 5.26 Å². The monoisotopic (exact) mass is 425 g/mol. The second-order valence-electron chi connectivity index (χ2n) is 6.97. The summed E-state index contributed by atoms with van der Waals surface area (Å²) in [5.41, 5.74) is 4.06. The van der Waals surface area contributed by atoms with Gasteiger partial charge in [0.1, 0.15) is 5.75 Å². The minimum absolute atomic E-state index is 0.422. The number of benzene rings is 3. The third kappa shape index (κ3) is 5.87. The largest absolute Gasteiger partial charge is 0.493 e. The first-order valence-electron chi connectivity index (χ1n) is 9.93. The minimum atomic E-state index is -0.461. The highest BCUT2D eigenvalue weighted by molar-refractivity contribution is 5.91. The van der Waals surface area contributed by atoms with E-state index < -0.39 is 5.97 Å². The number of hydrogen-bond donors (Lipinski definition) is 0. The average Bonchev–Trinajstić information content (AvgIpc) is 2.82. The standard InChI is InChI=1S/C27H23NO4/c1-19-4-6-20(7-5-19)10-15-27(29)32-24-12-8-21(9-13-24)16-23(18-28)22-11-14-25(30-2)26(17-22)31-3/h4-17H,1-3H3/b15-10+,23-16-. The number of methoxy groups -OCH3 is 2. The first-order valence-corrected chi connectivity index (χ1v) is 9.93. The quantitative estimate of drug-likeness (QED) is 0.160. The van der Waals surface area contributed by atoms with E-state index in [-0.39, 0.29) is 0 Å². The van der Waals surface area contributed by atoms with Crippen LogP contribution in [0.1, 0.15) is 22.3 Å². The summed E-state index contributed by atoms with van der Waals surface area (Å²) in [5, 5.41) is 9.61. The lowest BCUT2D eigenvalue weighted by molar-refractivity contribution is -0.128. The fourth-order valence-corrected chi connectivity index (χ4v) is 2.97. The van der Waals surface area contributed by atoms with Crippen LogP contribution < -0.4 is 14.2 Å². The van der Waals surface area contributed by atoms with Crippen molar-refractivity contribution in [2.45, 2.75) is 6.92 Å². The third-order valence-corrected chi connectivity index (χ3v) is 4.71. The number of ether oxygens (including phenoxy) is 3. The van der Waals surface area contributed by atoms with Crippen molar-refractivity contribution in [2.24, 2.45) is 0 Å². The molecule has 0 N–H and O–H groups in total. The van der Waals surface area contributed by atoms with Crippen LogP contribution >= 0.6 is 0 Å². The number of hydrogen-bond acceptors (Lipinski definition) is 5. The van der Waals surface area contributed by atoms with Gasteiger partial charge in [0.15, 0.2) is 11.5 Å². The van der Waals surface area contributed by atoms with Crippen molar-refractivity contribution in [1.29, 1.82) is 5.26 Å². The van der Waals surface area contributed by atoms with Gasteiger partial charge < -0.3 is 14.2 Å². The summed E-state index contributed by atoms with van der Waals surface area (Å²) in [6.45, 7) is 2.01. The van der Waals surface area contributed by atoms with Crippen molar-refractivity contribution in [3.63, 3.8) is 0 Å². The summed E-state index contributed by atoms with van der Waals surface area (Å²) in [6, 6.07) is 22.3. The van der Waals surface area contributed by atoms with E-state index in [1.807, 2.05) is 31.2 Å². The molecular weight excluding hydrogens is 402 g/mol. The topological polar surface area (TPSA) is 68.5 Å². The molecule has 0 radical (unpaired) electrons. The fraction of sp³-hybridized carbons (Fsp3) is 0.111. The van der Waals surface area contributed by atoms with Crippen LogP contribution in [0.2, 0.25) is 0 Å². The Labute approximate surface area is 187 Å². The lowest BCUT2D eigenvalue weighted by Gasteiger charge is -2.09. The van der Waals surface area contributed by atoms with Gasteiger partial charge >= 0.3 is 5.97 Å². The van der Waals surface area contributed by atoms with Gasteiger partial charge in [-0.1, -0.05) is 42.0 Å². The fourth-order valence-electron chi connectivity index (χ4n) is 2.97. The molecule has 0 aliphatic rings. The van der Waals surface area contributed by atoms with E-state index in [0.717, 1.165) is 16.7 Å². The zero-order valence-electron chi connectivity index (χ0n) is 18.2. The number of aryl methyl sites for hydroxylation is 1. The Hall–Kier alpha value is -4.30. The summed E-state index contributed by atoms with van der Waals surface area (Å²) in [7, 11) is 3.11. The van der Waals surface area contributed by atoms with Gasteiger partial charge in [-0.3, -0.25) is 0 Å². The van der Waals surface area contributed by atoms with Crippen LogP contribution in [0.3, 0.4) is 0 Å². The predicted octanol–water partition coefficient (Wildman–Crippen LogP) is 5.70. The molecule has 3 aromatic carbocycles. The molecule has 0 atom stereocenters. The maximum Gasteiger partial charge on any atom is 0.336 e. The predicted molar refractivity (Wildman–Crippen MR) is 125 cm³/mol. The summed E-state index contributed by atoms with van der Waals surface area (Å²) >= 11 is 0. The molecule has 0 saturated heterocycles. The van der Waals surface area contributed by atoms with Crippen molar-refractivity contribution in [3.05, 3.63) is 95.1 Å². The molecule has 5 nitrogen and oxygen atoms in total. The molecule has 0 aromatic heterocycles. The Kier molecular flexibility index (Phi) is 7.45. The number of rotatable bonds is 7. The smallest absolute Gasteiger partial charge is 0.336 e. The van der Waals surface area contributed by atoms with Gasteiger partial charge in [-0.15, -0.1) is 0 Å². The molecule has 3 aromatic rings. The zero-order valence-corrected chi connectivity index (χ0v) is 18.2. The maximum absolute atomic E-state index is 12.1. The Bertz CT molecular complexity index is 1180. The minimum Gasteiger partial charge on any atom is -0.493 e. The molecule has 0 unspecified atom stereocenters. The van der Waals surface area contributed by atoms with Gasteiger partial charge in [-0.05, 0) is 66.1 Å². The highest BCUT2D eigenvalue weighted by Gasteiger charge is 2.08. The van der Waals surface area contributed by atoms with Crippen molar-refractivity contribution in [3.8, 4) is 23.3 Å². The van der Waals surface area contributed by atoms with Gasteiger partial charge in [0.2, 0.25) is 0 Å². The highest BCUT2D eigenvalue weighted by atomic mass is 16.5. The van der Waals surface area contributed by atoms with E-state index in [1.165, 1.54) is 6.08 Å². The van der Waals surface area contributed by atoms with Crippen LogP contribution in [0, 0.1) is 18.3 Å². The lowest BCUT2D eigenvalue weighted by atomic mass is 10.0. The SMILES string of the molecule is COc1ccc(/C(C#N)=C\c2ccc(OC(=O)/C=C/c3ccc(C)cc3)cc2)cc1OC. The lowest BCUT2D eigenvalue weighted by Crippen LogP contribution is -2.03. The van der Waals surface area contributed by atoms with Crippen molar-refractivity contribution >= 4 is 23.7 Å². The molecular formula is C27H23NO4. The van der Waals surface area contributed by atoms with E-state index in [4.69, 9.17) is 14.2 Å². The third-order valence-electron chi connectivity index (χ3n) is 4.71. The number of carbonyl (C=O) groups is 1. The van der Waals surface area contributed by atoms with Gasteiger partial charge in [0, 0.05) is 6.08 Å². The number of nitrogens with zero attached hydrogens (tertiary/aromatic N) is 1. The van der Waals surface area contributed by atoms with E-state index in [0.29, 0.717) is 28.4 Å². The zero-order chi connectivity index (χ0) is 22.9. The first kappa shape index (κ1) is 22.4. The molecule has 0 fully saturated rings. The Morgan fingerprint density at radius 3 is 2.16 bits per heavy atom. The molecule has 0 bridgehead atoms. The van der Waals surface area contributed by atoms with E-state index >= 15 is 0 Å². The summed E-state index contributed by atoms with van der Waals surface area (Å²) in [4.78, 5) is 12.1. The normalized spacial score (nSPS) is 11.1. The van der Waals surface area contributed by atoms with Crippen LogP contribution in [-0.4, -0.2) is 20.2 Å². The Morgan fingerprint density at radius 1 is 0.875 bits per heavy atom. The first-order chi connectivity index (χ1) is 15.5.